The van der Waals surface area contributed by atoms with Crippen LogP contribution >= 0.6 is 0 Å². The first-order valence-electron chi connectivity index (χ1n) is 7.61. The standard InChI is InChI=1S/C17H25N/c1-13-6-5-7-14-8-9-15(12-16(13)14)17(18)10-3-2-4-11-17/h8-9,12-13H,2-7,10-11,18H2,1H3. The van der Waals surface area contributed by atoms with Crippen molar-refractivity contribution in [1.82, 2.24) is 0 Å². The van der Waals surface area contributed by atoms with E-state index in [1.807, 2.05) is 0 Å². The topological polar surface area (TPSA) is 26.0 Å². The third-order valence-electron chi connectivity index (χ3n) is 5.08. The number of rotatable bonds is 1. The van der Waals surface area contributed by atoms with Gasteiger partial charge in [-0.25, -0.2) is 0 Å². The molecule has 2 N–H and O–H groups in total. The van der Waals surface area contributed by atoms with Crippen LogP contribution in [0.15, 0.2) is 18.2 Å². The zero-order valence-corrected chi connectivity index (χ0v) is 11.5. The largest absolute Gasteiger partial charge is 0.321 e. The van der Waals surface area contributed by atoms with Crippen LogP contribution in [0.1, 0.15) is 74.5 Å². The molecule has 0 amide bonds. The van der Waals surface area contributed by atoms with E-state index in [-0.39, 0.29) is 5.54 Å². The molecule has 0 aromatic heterocycles. The molecule has 1 aromatic carbocycles. The second-order valence-electron chi connectivity index (χ2n) is 6.42. The van der Waals surface area contributed by atoms with Crippen molar-refractivity contribution in [1.29, 1.82) is 0 Å². The Kier molecular flexibility index (Phi) is 3.19. The van der Waals surface area contributed by atoms with Gasteiger partial charge in [0.05, 0.1) is 0 Å². The van der Waals surface area contributed by atoms with E-state index in [2.05, 4.69) is 25.1 Å². The quantitative estimate of drug-likeness (QED) is 0.784. The normalized spacial score (nSPS) is 26.7. The van der Waals surface area contributed by atoms with Crippen LogP contribution in [0.2, 0.25) is 0 Å². The molecule has 2 aliphatic carbocycles. The molecule has 1 saturated carbocycles. The second kappa shape index (κ2) is 4.70. The lowest BCUT2D eigenvalue weighted by atomic mass is 9.74. The van der Waals surface area contributed by atoms with Gasteiger partial charge in [-0.3, -0.25) is 0 Å². The van der Waals surface area contributed by atoms with Crippen molar-refractivity contribution >= 4 is 0 Å². The van der Waals surface area contributed by atoms with Crippen LogP contribution in [-0.2, 0) is 12.0 Å². The van der Waals surface area contributed by atoms with Crippen LogP contribution < -0.4 is 5.73 Å². The minimum atomic E-state index is -0.0373. The molecule has 1 aromatic rings. The van der Waals surface area contributed by atoms with Gasteiger partial charge in [-0.15, -0.1) is 0 Å². The fourth-order valence-corrected chi connectivity index (χ4v) is 3.82. The lowest BCUT2D eigenvalue weighted by Crippen LogP contribution is -2.38. The molecule has 0 spiro atoms. The van der Waals surface area contributed by atoms with Gasteiger partial charge >= 0.3 is 0 Å². The third kappa shape index (κ3) is 2.09. The Morgan fingerprint density at radius 2 is 1.89 bits per heavy atom. The summed E-state index contributed by atoms with van der Waals surface area (Å²) < 4.78 is 0. The molecule has 18 heavy (non-hydrogen) atoms. The Morgan fingerprint density at radius 1 is 1.11 bits per heavy atom. The minimum Gasteiger partial charge on any atom is -0.321 e. The highest BCUT2D eigenvalue weighted by molar-refractivity contribution is 5.39. The van der Waals surface area contributed by atoms with E-state index in [0.29, 0.717) is 0 Å². The number of hydrogen-bond acceptors (Lipinski definition) is 1. The smallest absolute Gasteiger partial charge is 0.0409 e. The summed E-state index contributed by atoms with van der Waals surface area (Å²) in [7, 11) is 0. The molecule has 3 rings (SSSR count). The second-order valence-corrected chi connectivity index (χ2v) is 6.42. The first kappa shape index (κ1) is 12.2. The third-order valence-corrected chi connectivity index (χ3v) is 5.08. The molecule has 1 atom stereocenters. The zero-order valence-electron chi connectivity index (χ0n) is 11.5. The lowest BCUT2D eigenvalue weighted by molar-refractivity contribution is 0.302. The van der Waals surface area contributed by atoms with Crippen molar-refractivity contribution in [2.75, 3.05) is 0 Å². The average molecular weight is 243 g/mol. The molecular weight excluding hydrogens is 218 g/mol. The average Bonchev–Trinajstić information content (AvgIpc) is 2.40. The van der Waals surface area contributed by atoms with Crippen molar-refractivity contribution in [2.45, 2.75) is 69.7 Å². The van der Waals surface area contributed by atoms with Gasteiger partial charge in [-0.2, -0.15) is 0 Å². The summed E-state index contributed by atoms with van der Waals surface area (Å²) in [6, 6.07) is 7.09. The van der Waals surface area contributed by atoms with Gasteiger partial charge in [-0.05, 0) is 54.7 Å². The molecule has 0 saturated heterocycles. The predicted octanol–water partition coefficient (Wildman–Crippen LogP) is 4.24. The molecule has 1 unspecified atom stereocenters. The molecule has 1 heteroatoms. The summed E-state index contributed by atoms with van der Waals surface area (Å²) in [4.78, 5) is 0. The van der Waals surface area contributed by atoms with E-state index >= 15 is 0 Å². The Bertz CT molecular complexity index is 429. The Morgan fingerprint density at radius 3 is 2.67 bits per heavy atom. The van der Waals surface area contributed by atoms with Crippen LogP contribution in [0.5, 0.6) is 0 Å². The summed E-state index contributed by atoms with van der Waals surface area (Å²) in [6.45, 7) is 2.37. The fraction of sp³-hybridized carbons (Fsp3) is 0.647. The van der Waals surface area contributed by atoms with Gasteiger partial charge in [-0.1, -0.05) is 44.4 Å². The molecule has 98 valence electrons. The molecule has 0 aliphatic heterocycles. The molecule has 0 radical (unpaired) electrons. The lowest BCUT2D eigenvalue weighted by Gasteiger charge is -2.35. The molecule has 0 heterocycles. The number of hydrogen-bond donors (Lipinski definition) is 1. The van der Waals surface area contributed by atoms with Gasteiger partial charge in [0.1, 0.15) is 0 Å². The molecular formula is C17H25N. The Balaban J connectivity index is 1.95. The first-order valence-corrected chi connectivity index (χ1v) is 7.61. The highest BCUT2D eigenvalue weighted by atomic mass is 14.7. The highest BCUT2D eigenvalue weighted by Crippen LogP contribution is 2.38. The Hall–Kier alpha value is -0.820. The maximum absolute atomic E-state index is 6.66. The summed E-state index contributed by atoms with van der Waals surface area (Å²) in [6.07, 6.45) is 10.2. The van der Waals surface area contributed by atoms with Crippen LogP contribution in [0.3, 0.4) is 0 Å². The van der Waals surface area contributed by atoms with E-state index in [4.69, 9.17) is 5.73 Å². The van der Waals surface area contributed by atoms with Crippen LogP contribution in [0.25, 0.3) is 0 Å². The predicted molar refractivity (Wildman–Crippen MR) is 76.7 cm³/mol. The SMILES string of the molecule is CC1CCCc2ccc(C3(N)CCCCC3)cc21. The van der Waals surface area contributed by atoms with Gasteiger partial charge in [0.15, 0.2) is 0 Å². The summed E-state index contributed by atoms with van der Waals surface area (Å²) in [5.41, 5.74) is 11.2. The number of nitrogens with two attached hydrogens (primary N) is 1. The summed E-state index contributed by atoms with van der Waals surface area (Å²) in [5, 5.41) is 0. The monoisotopic (exact) mass is 243 g/mol. The molecule has 2 aliphatic rings. The van der Waals surface area contributed by atoms with E-state index < -0.39 is 0 Å². The summed E-state index contributed by atoms with van der Waals surface area (Å²) in [5.74, 6) is 0.723. The van der Waals surface area contributed by atoms with Crippen molar-refractivity contribution < 1.29 is 0 Å². The maximum Gasteiger partial charge on any atom is 0.0409 e. The molecule has 1 nitrogen and oxygen atoms in total. The van der Waals surface area contributed by atoms with Gasteiger partial charge in [0.25, 0.3) is 0 Å². The fourth-order valence-electron chi connectivity index (χ4n) is 3.82. The van der Waals surface area contributed by atoms with Crippen molar-refractivity contribution in [3.05, 3.63) is 34.9 Å². The van der Waals surface area contributed by atoms with Crippen molar-refractivity contribution in [3.63, 3.8) is 0 Å². The van der Waals surface area contributed by atoms with Crippen LogP contribution in [0, 0.1) is 0 Å². The van der Waals surface area contributed by atoms with Crippen LogP contribution in [0.4, 0.5) is 0 Å². The number of benzene rings is 1. The number of aryl methyl sites for hydroxylation is 1. The van der Waals surface area contributed by atoms with E-state index in [9.17, 15) is 0 Å². The first-order chi connectivity index (χ1) is 8.69. The molecule has 1 fully saturated rings. The Labute approximate surface area is 111 Å². The number of fused-ring (bicyclic) bond motifs is 1. The van der Waals surface area contributed by atoms with E-state index in [1.54, 1.807) is 11.1 Å². The zero-order chi connectivity index (χ0) is 12.6. The maximum atomic E-state index is 6.66. The van der Waals surface area contributed by atoms with Crippen molar-refractivity contribution in [2.24, 2.45) is 5.73 Å². The van der Waals surface area contributed by atoms with E-state index in [0.717, 1.165) is 5.92 Å². The van der Waals surface area contributed by atoms with Crippen molar-refractivity contribution in [3.8, 4) is 0 Å². The summed E-state index contributed by atoms with van der Waals surface area (Å²) >= 11 is 0. The van der Waals surface area contributed by atoms with Gasteiger partial charge in [0.2, 0.25) is 0 Å². The highest BCUT2D eigenvalue weighted by Gasteiger charge is 2.30. The van der Waals surface area contributed by atoms with Gasteiger partial charge < -0.3 is 5.73 Å². The van der Waals surface area contributed by atoms with E-state index in [1.165, 1.54) is 56.9 Å². The van der Waals surface area contributed by atoms with Crippen LogP contribution in [-0.4, -0.2) is 0 Å². The van der Waals surface area contributed by atoms with Gasteiger partial charge in [0, 0.05) is 5.54 Å². The molecule has 0 bridgehead atoms. The minimum absolute atomic E-state index is 0.0373.